The van der Waals surface area contributed by atoms with Crippen LogP contribution in [-0.2, 0) is 17.6 Å². The molecule has 2 aromatic rings. The summed E-state index contributed by atoms with van der Waals surface area (Å²) in [5.74, 6) is 0.373. The monoisotopic (exact) mass is 340 g/mol. The van der Waals surface area contributed by atoms with Crippen LogP contribution in [0.3, 0.4) is 0 Å². The van der Waals surface area contributed by atoms with Gasteiger partial charge in [-0.05, 0) is 30.4 Å². The van der Waals surface area contributed by atoms with Crippen LogP contribution in [0.5, 0.6) is 0 Å². The van der Waals surface area contributed by atoms with Crippen LogP contribution in [0.15, 0.2) is 48.5 Å². The second kappa shape index (κ2) is 8.42. The topological polar surface area (TPSA) is 72.2 Å². The number of hydrogen-bond donors (Lipinski definition) is 1. The van der Waals surface area contributed by atoms with Crippen LogP contribution in [0.4, 0.5) is 5.69 Å². The molecule has 25 heavy (non-hydrogen) atoms. The van der Waals surface area contributed by atoms with Gasteiger partial charge < -0.3 is 5.32 Å². The molecule has 2 rings (SSSR count). The van der Waals surface area contributed by atoms with E-state index in [1.165, 1.54) is 11.6 Å². The van der Waals surface area contributed by atoms with Gasteiger partial charge in [0.05, 0.1) is 17.4 Å². The molecule has 0 bridgehead atoms. The number of amides is 1. The zero-order valence-corrected chi connectivity index (χ0v) is 14.9. The third kappa shape index (κ3) is 5.41. The number of benzene rings is 2. The van der Waals surface area contributed by atoms with Crippen molar-refractivity contribution >= 4 is 11.6 Å². The van der Waals surface area contributed by atoms with E-state index in [1.54, 1.807) is 18.2 Å². The largest absolute Gasteiger partial charge is 0.349 e. The Morgan fingerprint density at radius 3 is 2.32 bits per heavy atom. The maximum absolute atomic E-state index is 12.2. The molecule has 0 saturated heterocycles. The fourth-order valence-corrected chi connectivity index (χ4v) is 2.80. The summed E-state index contributed by atoms with van der Waals surface area (Å²) in [5.41, 5.74) is 2.69. The lowest BCUT2D eigenvalue weighted by atomic mass is 10.00. The molecular weight excluding hydrogens is 316 g/mol. The predicted molar refractivity (Wildman–Crippen MR) is 98.3 cm³/mol. The number of carbonyl (C=O) groups excluding carboxylic acids is 1. The molecule has 0 aliphatic heterocycles. The van der Waals surface area contributed by atoms with E-state index in [2.05, 4.69) is 31.3 Å². The van der Waals surface area contributed by atoms with E-state index >= 15 is 0 Å². The number of para-hydroxylation sites is 1. The van der Waals surface area contributed by atoms with E-state index in [-0.39, 0.29) is 24.1 Å². The average Bonchev–Trinajstić information content (AvgIpc) is 2.55. The zero-order valence-electron chi connectivity index (χ0n) is 14.9. The Hall–Kier alpha value is -2.69. The van der Waals surface area contributed by atoms with E-state index in [1.807, 2.05) is 19.1 Å². The van der Waals surface area contributed by atoms with Crippen LogP contribution in [-0.4, -0.2) is 10.8 Å². The maximum atomic E-state index is 12.2. The highest BCUT2D eigenvalue weighted by Gasteiger charge is 2.17. The SMILES string of the molecule is CC(C)Cc1ccc(C(C)NC(=O)Cc2ccccc2[N+](=O)[O-])cc1. The van der Waals surface area contributed by atoms with Crippen LogP contribution < -0.4 is 5.32 Å². The minimum absolute atomic E-state index is 0.00702. The Morgan fingerprint density at radius 1 is 1.08 bits per heavy atom. The third-order valence-electron chi connectivity index (χ3n) is 4.04. The van der Waals surface area contributed by atoms with Gasteiger partial charge in [-0.15, -0.1) is 0 Å². The molecule has 0 spiro atoms. The predicted octanol–water partition coefficient (Wildman–Crippen LogP) is 4.21. The van der Waals surface area contributed by atoms with E-state index in [9.17, 15) is 14.9 Å². The number of nitrogens with zero attached hydrogens (tertiary/aromatic N) is 1. The molecule has 1 N–H and O–H groups in total. The van der Waals surface area contributed by atoms with Gasteiger partial charge in [-0.1, -0.05) is 56.3 Å². The minimum Gasteiger partial charge on any atom is -0.349 e. The van der Waals surface area contributed by atoms with Gasteiger partial charge in [0.2, 0.25) is 5.91 Å². The van der Waals surface area contributed by atoms with Crippen molar-refractivity contribution < 1.29 is 9.72 Å². The van der Waals surface area contributed by atoms with Crippen LogP contribution in [0.25, 0.3) is 0 Å². The molecule has 5 heteroatoms. The van der Waals surface area contributed by atoms with Gasteiger partial charge in [0, 0.05) is 11.6 Å². The van der Waals surface area contributed by atoms with Crippen LogP contribution in [0.2, 0.25) is 0 Å². The first kappa shape index (κ1) is 18.6. The van der Waals surface area contributed by atoms with Gasteiger partial charge in [-0.2, -0.15) is 0 Å². The van der Waals surface area contributed by atoms with E-state index < -0.39 is 4.92 Å². The molecule has 2 aromatic carbocycles. The van der Waals surface area contributed by atoms with Crippen molar-refractivity contribution in [1.29, 1.82) is 0 Å². The third-order valence-corrected chi connectivity index (χ3v) is 4.04. The molecule has 1 amide bonds. The Morgan fingerprint density at radius 2 is 1.72 bits per heavy atom. The lowest BCUT2D eigenvalue weighted by Crippen LogP contribution is -2.28. The van der Waals surface area contributed by atoms with Gasteiger partial charge in [-0.25, -0.2) is 0 Å². The number of nitrogens with one attached hydrogen (secondary N) is 1. The molecule has 132 valence electrons. The summed E-state index contributed by atoms with van der Waals surface area (Å²) in [4.78, 5) is 22.8. The number of rotatable bonds is 7. The van der Waals surface area contributed by atoms with Crippen molar-refractivity contribution in [2.45, 2.75) is 39.7 Å². The van der Waals surface area contributed by atoms with Crippen molar-refractivity contribution in [1.82, 2.24) is 5.32 Å². The van der Waals surface area contributed by atoms with Crippen molar-refractivity contribution in [2.75, 3.05) is 0 Å². The highest BCUT2D eigenvalue weighted by Crippen LogP contribution is 2.19. The molecule has 0 heterocycles. The summed E-state index contributed by atoms with van der Waals surface area (Å²) in [7, 11) is 0. The molecule has 0 aliphatic rings. The summed E-state index contributed by atoms with van der Waals surface area (Å²) >= 11 is 0. The summed E-state index contributed by atoms with van der Waals surface area (Å²) in [5, 5.41) is 13.9. The van der Waals surface area contributed by atoms with Gasteiger partial charge in [0.1, 0.15) is 0 Å². The highest BCUT2D eigenvalue weighted by molar-refractivity contribution is 5.80. The van der Waals surface area contributed by atoms with E-state index in [0.29, 0.717) is 11.5 Å². The van der Waals surface area contributed by atoms with Gasteiger partial charge >= 0.3 is 0 Å². The van der Waals surface area contributed by atoms with Crippen LogP contribution in [0, 0.1) is 16.0 Å². The minimum atomic E-state index is -0.459. The second-order valence-electron chi connectivity index (χ2n) is 6.69. The van der Waals surface area contributed by atoms with Gasteiger partial charge in [-0.3, -0.25) is 14.9 Å². The smallest absolute Gasteiger partial charge is 0.273 e. The standard InChI is InChI=1S/C20H24N2O3/c1-14(2)12-16-8-10-17(11-9-16)15(3)21-20(23)13-18-6-4-5-7-19(18)22(24)25/h4-11,14-15H,12-13H2,1-3H3,(H,21,23). The molecule has 1 unspecified atom stereocenters. The van der Waals surface area contributed by atoms with Crippen molar-refractivity contribution in [3.8, 4) is 0 Å². The van der Waals surface area contributed by atoms with E-state index in [4.69, 9.17) is 0 Å². The Labute approximate surface area is 148 Å². The Balaban J connectivity index is 1.99. The number of carbonyl (C=O) groups is 1. The van der Waals surface area contributed by atoms with Crippen LogP contribution in [0.1, 0.15) is 43.5 Å². The second-order valence-corrected chi connectivity index (χ2v) is 6.69. The fourth-order valence-electron chi connectivity index (χ4n) is 2.80. The number of nitro benzene ring substituents is 1. The van der Waals surface area contributed by atoms with Crippen molar-refractivity contribution in [3.05, 3.63) is 75.3 Å². The van der Waals surface area contributed by atoms with Gasteiger partial charge in [0.15, 0.2) is 0 Å². The number of hydrogen-bond acceptors (Lipinski definition) is 3. The molecule has 5 nitrogen and oxygen atoms in total. The fraction of sp³-hybridized carbons (Fsp3) is 0.350. The normalized spacial score (nSPS) is 12.0. The lowest BCUT2D eigenvalue weighted by Gasteiger charge is -2.15. The number of nitro groups is 1. The van der Waals surface area contributed by atoms with Crippen molar-refractivity contribution in [3.63, 3.8) is 0 Å². The van der Waals surface area contributed by atoms with Crippen LogP contribution >= 0.6 is 0 Å². The molecule has 0 aliphatic carbocycles. The first-order chi connectivity index (χ1) is 11.9. The average molecular weight is 340 g/mol. The first-order valence-electron chi connectivity index (χ1n) is 8.47. The summed E-state index contributed by atoms with van der Waals surface area (Å²) in [6.07, 6.45) is 1.02. The first-order valence-corrected chi connectivity index (χ1v) is 8.47. The molecular formula is C20H24N2O3. The molecule has 0 aromatic heterocycles. The molecule has 0 fully saturated rings. The zero-order chi connectivity index (χ0) is 18.4. The summed E-state index contributed by atoms with van der Waals surface area (Å²) < 4.78 is 0. The lowest BCUT2D eigenvalue weighted by molar-refractivity contribution is -0.385. The molecule has 1 atom stereocenters. The quantitative estimate of drug-likeness (QED) is 0.606. The maximum Gasteiger partial charge on any atom is 0.273 e. The van der Waals surface area contributed by atoms with Gasteiger partial charge in [0.25, 0.3) is 5.69 Å². The summed E-state index contributed by atoms with van der Waals surface area (Å²) in [6, 6.07) is 14.4. The molecule has 0 saturated carbocycles. The molecule has 0 radical (unpaired) electrons. The van der Waals surface area contributed by atoms with Crippen molar-refractivity contribution in [2.24, 2.45) is 5.92 Å². The Kier molecular flexibility index (Phi) is 6.28. The summed E-state index contributed by atoms with van der Waals surface area (Å²) in [6.45, 7) is 6.27. The Bertz CT molecular complexity index is 739. The van der Waals surface area contributed by atoms with E-state index in [0.717, 1.165) is 12.0 Å². The highest BCUT2D eigenvalue weighted by atomic mass is 16.6.